The first-order chi connectivity index (χ1) is 13.0. The van der Waals surface area contributed by atoms with Crippen LogP contribution in [0.5, 0.6) is 0 Å². The van der Waals surface area contributed by atoms with Crippen molar-refractivity contribution in [3.05, 3.63) is 71.0 Å². The zero-order valence-electron chi connectivity index (χ0n) is 14.9. The number of hydrogen-bond acceptors (Lipinski definition) is 4. The molecule has 3 rings (SSSR count). The second-order valence-corrected chi connectivity index (χ2v) is 7.28. The van der Waals surface area contributed by atoms with Crippen molar-refractivity contribution in [2.75, 3.05) is 11.1 Å². The van der Waals surface area contributed by atoms with E-state index in [0.717, 1.165) is 11.4 Å². The van der Waals surface area contributed by atoms with Gasteiger partial charge in [-0.1, -0.05) is 41.6 Å². The highest BCUT2D eigenvalue weighted by atomic mass is 35.5. The minimum atomic E-state index is -0.140. The summed E-state index contributed by atoms with van der Waals surface area (Å²) in [6, 6.07) is 16.4. The van der Waals surface area contributed by atoms with Crippen LogP contribution in [0.3, 0.4) is 0 Å². The van der Waals surface area contributed by atoms with Gasteiger partial charge in [0, 0.05) is 23.3 Å². The molecule has 2 aromatic carbocycles. The van der Waals surface area contributed by atoms with Gasteiger partial charge in [-0.05, 0) is 43.3 Å². The summed E-state index contributed by atoms with van der Waals surface area (Å²) in [5.41, 5.74) is 2.65. The number of ketones is 1. The molecule has 27 heavy (non-hydrogen) atoms. The van der Waals surface area contributed by atoms with E-state index in [-0.39, 0.29) is 17.4 Å². The summed E-state index contributed by atoms with van der Waals surface area (Å²) < 4.78 is 1.77. The number of thioether (sulfide) groups is 1. The van der Waals surface area contributed by atoms with Crippen molar-refractivity contribution in [2.24, 2.45) is 0 Å². The Labute approximate surface area is 166 Å². The third-order valence-electron chi connectivity index (χ3n) is 3.83. The molecular formula is C20H18ClN3O2S. The van der Waals surface area contributed by atoms with Gasteiger partial charge in [0.05, 0.1) is 11.4 Å². The quantitative estimate of drug-likeness (QED) is 0.479. The number of carbonyl (C=O) groups excluding carboxylic acids is 2. The molecule has 0 spiro atoms. The monoisotopic (exact) mass is 399 g/mol. The van der Waals surface area contributed by atoms with Crippen molar-refractivity contribution in [1.82, 2.24) is 9.55 Å². The standard InChI is InChI=1S/C20H18ClN3O2S/c1-13-19(14(2)25)24(17-10-8-15(21)9-11-17)20(22-13)27-12-18(26)23-16-6-4-3-5-7-16/h3-11H,12H2,1-2H3,(H,23,26). The fourth-order valence-electron chi connectivity index (χ4n) is 2.69. The molecule has 1 heterocycles. The molecular weight excluding hydrogens is 382 g/mol. The van der Waals surface area contributed by atoms with Crippen LogP contribution in [0.2, 0.25) is 5.02 Å². The van der Waals surface area contributed by atoms with E-state index < -0.39 is 0 Å². The summed E-state index contributed by atoms with van der Waals surface area (Å²) in [7, 11) is 0. The number of rotatable bonds is 6. The average molecular weight is 400 g/mol. The van der Waals surface area contributed by atoms with E-state index in [1.807, 2.05) is 42.5 Å². The topological polar surface area (TPSA) is 64.0 Å². The van der Waals surface area contributed by atoms with E-state index in [0.29, 0.717) is 21.6 Å². The van der Waals surface area contributed by atoms with E-state index in [1.165, 1.54) is 18.7 Å². The Morgan fingerprint density at radius 1 is 1.11 bits per heavy atom. The largest absolute Gasteiger partial charge is 0.325 e. The molecule has 138 valence electrons. The summed E-state index contributed by atoms with van der Waals surface area (Å²) in [6.07, 6.45) is 0. The Morgan fingerprint density at radius 3 is 2.41 bits per heavy atom. The highest BCUT2D eigenvalue weighted by molar-refractivity contribution is 7.99. The maximum Gasteiger partial charge on any atom is 0.234 e. The molecule has 1 N–H and O–H groups in total. The third-order valence-corrected chi connectivity index (χ3v) is 5.02. The molecule has 0 fully saturated rings. The van der Waals surface area contributed by atoms with E-state index >= 15 is 0 Å². The Kier molecular flexibility index (Phi) is 5.98. The van der Waals surface area contributed by atoms with Crippen molar-refractivity contribution >= 4 is 40.7 Å². The predicted molar refractivity (Wildman–Crippen MR) is 109 cm³/mol. The summed E-state index contributed by atoms with van der Waals surface area (Å²) in [5, 5.41) is 4.04. The van der Waals surface area contributed by atoms with Crippen LogP contribution in [0.1, 0.15) is 23.1 Å². The number of aryl methyl sites for hydroxylation is 1. The van der Waals surface area contributed by atoms with Gasteiger partial charge in [-0.3, -0.25) is 14.2 Å². The van der Waals surface area contributed by atoms with Gasteiger partial charge in [0.25, 0.3) is 0 Å². The highest BCUT2D eigenvalue weighted by Gasteiger charge is 2.20. The first kappa shape index (κ1) is 19.2. The number of amides is 1. The lowest BCUT2D eigenvalue weighted by atomic mass is 10.2. The lowest BCUT2D eigenvalue weighted by molar-refractivity contribution is -0.113. The minimum absolute atomic E-state index is 0.0875. The van der Waals surface area contributed by atoms with Crippen LogP contribution in [0.4, 0.5) is 5.69 Å². The fraction of sp³-hybridized carbons (Fsp3) is 0.150. The van der Waals surface area contributed by atoms with Crippen LogP contribution in [0, 0.1) is 6.92 Å². The number of Topliss-reactive ketones (excluding diaryl/α,β-unsaturated/α-hetero) is 1. The molecule has 3 aromatic rings. The molecule has 0 aliphatic rings. The molecule has 0 unspecified atom stereocenters. The Bertz CT molecular complexity index is 969. The van der Waals surface area contributed by atoms with Crippen LogP contribution in [0.15, 0.2) is 59.8 Å². The van der Waals surface area contributed by atoms with Crippen LogP contribution in [0.25, 0.3) is 5.69 Å². The Hall–Kier alpha value is -2.57. The van der Waals surface area contributed by atoms with Crippen LogP contribution >= 0.6 is 23.4 Å². The molecule has 0 bridgehead atoms. The number of benzene rings is 2. The number of aromatic nitrogens is 2. The van der Waals surface area contributed by atoms with Crippen molar-refractivity contribution in [2.45, 2.75) is 19.0 Å². The molecule has 1 amide bonds. The average Bonchev–Trinajstić information content (AvgIpc) is 2.98. The maximum atomic E-state index is 12.3. The normalized spacial score (nSPS) is 10.6. The Morgan fingerprint density at radius 2 is 1.78 bits per heavy atom. The summed E-state index contributed by atoms with van der Waals surface area (Å²) in [4.78, 5) is 28.9. The molecule has 0 saturated carbocycles. The summed E-state index contributed by atoms with van der Waals surface area (Å²) >= 11 is 7.26. The van der Waals surface area contributed by atoms with Gasteiger partial charge in [-0.25, -0.2) is 4.98 Å². The van der Waals surface area contributed by atoms with Gasteiger partial charge in [0.1, 0.15) is 5.69 Å². The van der Waals surface area contributed by atoms with Crippen molar-refractivity contribution in [1.29, 1.82) is 0 Å². The van der Waals surface area contributed by atoms with Gasteiger partial charge in [0.15, 0.2) is 10.9 Å². The zero-order valence-corrected chi connectivity index (χ0v) is 16.5. The molecule has 0 atom stereocenters. The van der Waals surface area contributed by atoms with Gasteiger partial charge >= 0.3 is 0 Å². The van der Waals surface area contributed by atoms with E-state index in [4.69, 9.17) is 11.6 Å². The fourth-order valence-corrected chi connectivity index (χ4v) is 3.68. The number of nitrogens with zero attached hydrogens (tertiary/aromatic N) is 2. The van der Waals surface area contributed by atoms with Gasteiger partial charge in [-0.15, -0.1) is 0 Å². The number of hydrogen-bond donors (Lipinski definition) is 1. The molecule has 7 heteroatoms. The minimum Gasteiger partial charge on any atom is -0.325 e. The molecule has 0 aliphatic carbocycles. The molecule has 0 radical (unpaired) electrons. The second kappa shape index (κ2) is 8.41. The van der Waals surface area contributed by atoms with Crippen LogP contribution in [-0.2, 0) is 4.79 Å². The molecule has 5 nitrogen and oxygen atoms in total. The number of nitrogens with one attached hydrogen (secondary N) is 1. The maximum absolute atomic E-state index is 12.3. The van der Waals surface area contributed by atoms with Gasteiger partial charge in [0.2, 0.25) is 5.91 Å². The molecule has 1 aromatic heterocycles. The number of carbonyl (C=O) groups is 2. The first-order valence-electron chi connectivity index (χ1n) is 8.29. The SMILES string of the molecule is CC(=O)c1c(C)nc(SCC(=O)Nc2ccccc2)n1-c1ccc(Cl)cc1. The smallest absolute Gasteiger partial charge is 0.234 e. The molecule has 0 saturated heterocycles. The highest BCUT2D eigenvalue weighted by Crippen LogP contribution is 2.27. The van der Waals surface area contributed by atoms with E-state index in [2.05, 4.69) is 10.3 Å². The lowest BCUT2D eigenvalue weighted by Crippen LogP contribution is -2.14. The van der Waals surface area contributed by atoms with Crippen LogP contribution in [-0.4, -0.2) is 27.0 Å². The van der Waals surface area contributed by atoms with E-state index in [9.17, 15) is 9.59 Å². The van der Waals surface area contributed by atoms with Crippen molar-refractivity contribution < 1.29 is 9.59 Å². The van der Waals surface area contributed by atoms with Crippen molar-refractivity contribution in [3.8, 4) is 5.69 Å². The number of anilines is 1. The van der Waals surface area contributed by atoms with Crippen molar-refractivity contribution in [3.63, 3.8) is 0 Å². The van der Waals surface area contributed by atoms with Gasteiger partial charge < -0.3 is 5.32 Å². The zero-order chi connectivity index (χ0) is 19.4. The first-order valence-corrected chi connectivity index (χ1v) is 9.66. The van der Waals surface area contributed by atoms with Gasteiger partial charge in [-0.2, -0.15) is 0 Å². The Balaban J connectivity index is 1.84. The van der Waals surface area contributed by atoms with Crippen LogP contribution < -0.4 is 5.32 Å². The number of imidazole rings is 1. The third kappa shape index (κ3) is 4.59. The number of para-hydroxylation sites is 1. The van der Waals surface area contributed by atoms with E-state index in [1.54, 1.807) is 23.6 Å². The number of halogens is 1. The summed E-state index contributed by atoms with van der Waals surface area (Å²) in [6.45, 7) is 3.30. The lowest BCUT2D eigenvalue weighted by Gasteiger charge is -2.11. The summed E-state index contributed by atoms with van der Waals surface area (Å²) in [5.74, 6) is -0.0505. The molecule has 0 aliphatic heterocycles. The predicted octanol–water partition coefficient (Wildman–Crippen LogP) is 4.77. The second-order valence-electron chi connectivity index (χ2n) is 5.90.